The van der Waals surface area contributed by atoms with Gasteiger partial charge < -0.3 is 9.47 Å². The van der Waals surface area contributed by atoms with Gasteiger partial charge in [-0.3, -0.25) is 20.4 Å². The molecule has 0 aliphatic heterocycles. The molecule has 2 aromatic rings. The molecule has 0 spiro atoms. The van der Waals surface area contributed by atoms with Crippen LogP contribution in [0.2, 0.25) is 0 Å². The molecule has 28 heavy (non-hydrogen) atoms. The molecule has 1 aromatic carbocycles. The van der Waals surface area contributed by atoms with Crippen LogP contribution < -0.4 is 20.3 Å². The van der Waals surface area contributed by atoms with Gasteiger partial charge in [0.25, 0.3) is 17.6 Å². The summed E-state index contributed by atoms with van der Waals surface area (Å²) < 4.78 is 35.9. The number of hydrazine groups is 1. The van der Waals surface area contributed by atoms with Gasteiger partial charge in [0, 0.05) is 6.20 Å². The maximum Gasteiger partial charge on any atom is 0.290 e. The highest BCUT2D eigenvalue weighted by molar-refractivity contribution is 7.99. The van der Waals surface area contributed by atoms with Gasteiger partial charge in [-0.25, -0.2) is 4.98 Å². The fourth-order valence-corrected chi connectivity index (χ4v) is 2.65. The van der Waals surface area contributed by atoms with Crippen molar-refractivity contribution >= 4 is 23.6 Å². The van der Waals surface area contributed by atoms with Crippen LogP contribution in [0.25, 0.3) is 0 Å². The van der Waals surface area contributed by atoms with Crippen LogP contribution in [0.4, 0.5) is 8.78 Å². The van der Waals surface area contributed by atoms with E-state index in [-0.39, 0.29) is 22.4 Å². The second kappa shape index (κ2) is 10.5. The molecule has 0 fully saturated rings. The third-order valence-corrected chi connectivity index (χ3v) is 4.06. The van der Waals surface area contributed by atoms with Crippen molar-refractivity contribution in [3.05, 3.63) is 48.2 Å². The molecule has 0 bridgehead atoms. The number of nitrogens with zero attached hydrogens (tertiary/aromatic N) is 1. The van der Waals surface area contributed by atoms with E-state index in [4.69, 9.17) is 9.47 Å². The molecule has 0 saturated carbocycles. The minimum atomic E-state index is -2.72. The molecule has 1 heterocycles. The van der Waals surface area contributed by atoms with Crippen LogP contribution >= 0.6 is 11.8 Å². The standard InChI is InChI=1S/C18H19F2N3O4S/c1-3-26-12-6-8-13(9-7-12)27-11(2)15(24)22-23-16(25)14-5-4-10-21-17(14)28-18(19)20/h4-11,18H,3H2,1-2H3,(H,22,24)(H,23,25). The number of hydrogen-bond acceptors (Lipinski definition) is 6. The van der Waals surface area contributed by atoms with Crippen molar-refractivity contribution in [1.29, 1.82) is 0 Å². The number of carbonyl (C=O) groups is 2. The predicted molar refractivity (Wildman–Crippen MR) is 99.4 cm³/mol. The first-order valence-electron chi connectivity index (χ1n) is 8.30. The van der Waals surface area contributed by atoms with Crippen molar-refractivity contribution in [2.24, 2.45) is 0 Å². The minimum absolute atomic E-state index is 0.0758. The zero-order valence-corrected chi connectivity index (χ0v) is 16.0. The summed E-state index contributed by atoms with van der Waals surface area (Å²) in [7, 11) is 0. The van der Waals surface area contributed by atoms with Crippen LogP contribution in [0, 0.1) is 0 Å². The number of benzene rings is 1. The van der Waals surface area contributed by atoms with Crippen LogP contribution in [0.5, 0.6) is 11.5 Å². The highest BCUT2D eigenvalue weighted by atomic mass is 32.2. The molecule has 0 aliphatic rings. The number of alkyl halides is 2. The summed E-state index contributed by atoms with van der Waals surface area (Å²) in [6, 6.07) is 9.47. The van der Waals surface area contributed by atoms with Crippen LogP contribution in [0.3, 0.4) is 0 Å². The summed E-state index contributed by atoms with van der Waals surface area (Å²) in [6.07, 6.45) is 0.384. The average Bonchev–Trinajstić information content (AvgIpc) is 2.67. The lowest BCUT2D eigenvalue weighted by Gasteiger charge is -2.16. The van der Waals surface area contributed by atoms with E-state index in [0.717, 1.165) is 0 Å². The van der Waals surface area contributed by atoms with Crippen molar-refractivity contribution in [3.8, 4) is 11.5 Å². The van der Waals surface area contributed by atoms with E-state index in [2.05, 4.69) is 15.8 Å². The van der Waals surface area contributed by atoms with Gasteiger partial charge in [-0.1, -0.05) is 0 Å². The fourth-order valence-electron chi connectivity index (χ4n) is 2.07. The van der Waals surface area contributed by atoms with E-state index in [1.807, 2.05) is 6.92 Å². The van der Waals surface area contributed by atoms with Crippen molar-refractivity contribution in [3.63, 3.8) is 0 Å². The highest BCUT2D eigenvalue weighted by Crippen LogP contribution is 2.26. The number of halogens is 2. The number of aromatic nitrogens is 1. The van der Waals surface area contributed by atoms with Crippen LogP contribution in [-0.2, 0) is 4.79 Å². The predicted octanol–water partition coefficient (Wildman–Crippen LogP) is 3.02. The maximum absolute atomic E-state index is 12.6. The molecule has 150 valence electrons. The number of hydrogen-bond donors (Lipinski definition) is 2. The summed E-state index contributed by atoms with van der Waals surface area (Å²) in [4.78, 5) is 28.0. The molecule has 0 radical (unpaired) electrons. The molecule has 0 saturated heterocycles. The van der Waals surface area contributed by atoms with Crippen LogP contribution in [-0.4, -0.2) is 35.3 Å². The summed E-state index contributed by atoms with van der Waals surface area (Å²) in [5, 5.41) is -0.136. The van der Waals surface area contributed by atoms with Gasteiger partial charge in [0.15, 0.2) is 6.10 Å². The van der Waals surface area contributed by atoms with Crippen molar-refractivity contribution in [1.82, 2.24) is 15.8 Å². The molecule has 1 aromatic heterocycles. The minimum Gasteiger partial charge on any atom is -0.494 e. The monoisotopic (exact) mass is 411 g/mol. The van der Waals surface area contributed by atoms with Gasteiger partial charge in [0.1, 0.15) is 16.5 Å². The first kappa shape index (κ1) is 21.4. The molecule has 10 heteroatoms. The lowest BCUT2D eigenvalue weighted by molar-refractivity contribution is -0.128. The van der Waals surface area contributed by atoms with Gasteiger partial charge in [0.2, 0.25) is 0 Å². The Morgan fingerprint density at radius 3 is 2.46 bits per heavy atom. The second-order valence-electron chi connectivity index (χ2n) is 5.34. The Morgan fingerprint density at radius 1 is 1.14 bits per heavy atom. The number of nitrogens with one attached hydrogen (secondary N) is 2. The third kappa shape index (κ3) is 6.38. The first-order valence-corrected chi connectivity index (χ1v) is 9.18. The summed E-state index contributed by atoms with van der Waals surface area (Å²) in [5.74, 6) is -2.99. The van der Waals surface area contributed by atoms with Crippen molar-refractivity contribution < 1.29 is 27.8 Å². The Morgan fingerprint density at radius 2 is 1.82 bits per heavy atom. The SMILES string of the molecule is CCOc1ccc(OC(C)C(=O)NNC(=O)c2cccnc2SC(F)F)cc1. The highest BCUT2D eigenvalue weighted by Gasteiger charge is 2.19. The van der Waals surface area contributed by atoms with E-state index >= 15 is 0 Å². The van der Waals surface area contributed by atoms with E-state index in [9.17, 15) is 18.4 Å². The van der Waals surface area contributed by atoms with Gasteiger partial charge in [-0.15, -0.1) is 0 Å². The van der Waals surface area contributed by atoms with Crippen molar-refractivity contribution in [2.75, 3.05) is 6.61 Å². The average molecular weight is 411 g/mol. The Hall–Kier alpha value is -2.88. The number of thioether (sulfide) groups is 1. The third-order valence-electron chi connectivity index (χ3n) is 3.33. The molecular formula is C18H19F2N3O4S. The summed E-state index contributed by atoms with van der Waals surface area (Å²) >= 11 is 0.147. The molecule has 2 N–H and O–H groups in total. The Kier molecular flexibility index (Phi) is 8.00. The number of rotatable bonds is 8. The van der Waals surface area contributed by atoms with E-state index < -0.39 is 23.7 Å². The molecular weight excluding hydrogens is 392 g/mol. The van der Waals surface area contributed by atoms with Gasteiger partial charge in [-0.2, -0.15) is 8.78 Å². The zero-order valence-electron chi connectivity index (χ0n) is 15.1. The Balaban J connectivity index is 1.89. The molecule has 2 rings (SSSR count). The van der Waals surface area contributed by atoms with Gasteiger partial charge in [-0.05, 0) is 62.0 Å². The Bertz CT molecular complexity index is 806. The first-order chi connectivity index (χ1) is 13.4. The lowest BCUT2D eigenvalue weighted by atomic mass is 10.3. The smallest absolute Gasteiger partial charge is 0.290 e. The molecule has 7 nitrogen and oxygen atoms in total. The molecule has 1 atom stereocenters. The molecule has 2 amide bonds. The molecule has 0 aliphatic carbocycles. The summed E-state index contributed by atoms with van der Waals surface area (Å²) in [6.45, 7) is 3.90. The number of amides is 2. The fraction of sp³-hybridized carbons (Fsp3) is 0.278. The van der Waals surface area contributed by atoms with Crippen LogP contribution in [0.1, 0.15) is 24.2 Å². The normalized spacial score (nSPS) is 11.6. The number of ether oxygens (including phenoxy) is 2. The van der Waals surface area contributed by atoms with Gasteiger partial charge >= 0.3 is 0 Å². The number of carbonyl (C=O) groups excluding carboxylic acids is 2. The van der Waals surface area contributed by atoms with Crippen LogP contribution in [0.15, 0.2) is 47.6 Å². The lowest BCUT2D eigenvalue weighted by Crippen LogP contribution is -2.47. The Labute approximate surface area is 164 Å². The topological polar surface area (TPSA) is 89.5 Å². The maximum atomic E-state index is 12.6. The largest absolute Gasteiger partial charge is 0.494 e. The molecule has 1 unspecified atom stereocenters. The van der Waals surface area contributed by atoms with E-state index in [0.29, 0.717) is 18.1 Å². The van der Waals surface area contributed by atoms with E-state index in [1.165, 1.54) is 25.3 Å². The summed E-state index contributed by atoms with van der Waals surface area (Å²) in [5.41, 5.74) is 4.29. The van der Waals surface area contributed by atoms with Crippen molar-refractivity contribution in [2.45, 2.75) is 30.7 Å². The number of pyridine rings is 1. The zero-order chi connectivity index (χ0) is 20.5. The quantitative estimate of drug-likeness (QED) is 0.513. The van der Waals surface area contributed by atoms with E-state index in [1.54, 1.807) is 24.3 Å². The second-order valence-corrected chi connectivity index (χ2v) is 6.32. The van der Waals surface area contributed by atoms with Gasteiger partial charge in [0.05, 0.1) is 12.2 Å².